The highest BCUT2D eigenvalue weighted by Crippen LogP contribution is 1.99. The van der Waals surface area contributed by atoms with Gasteiger partial charge in [-0.25, -0.2) is 0 Å². The number of hydrogen-bond acceptors (Lipinski definition) is 3. The minimum Gasteiger partial charge on any atom is -0.333 e. The third-order valence-corrected chi connectivity index (χ3v) is 3.16. The van der Waals surface area contributed by atoms with Crippen LogP contribution in [-0.4, -0.2) is 72.8 Å². The van der Waals surface area contributed by atoms with Crippen LogP contribution < -0.4 is 0 Å². The molecule has 0 aliphatic carbocycles. The van der Waals surface area contributed by atoms with Crippen LogP contribution in [0.2, 0.25) is 0 Å². The molecule has 1 saturated heterocycles. The second-order valence-corrected chi connectivity index (χ2v) is 4.86. The highest BCUT2D eigenvalue weighted by molar-refractivity contribution is 6.02. The summed E-state index contributed by atoms with van der Waals surface area (Å²) in [7, 11) is 3.70. The fraction of sp³-hybridized carbons (Fsp3) is 0.692. The molecule has 1 aliphatic heterocycles. The Hall–Kier alpha value is -1.54. The van der Waals surface area contributed by atoms with Gasteiger partial charge in [0.25, 0.3) is 11.8 Å². The van der Waals surface area contributed by atoms with Gasteiger partial charge < -0.3 is 14.7 Å². The molecule has 0 aromatic rings. The van der Waals surface area contributed by atoms with E-state index in [9.17, 15) is 9.59 Å². The largest absolute Gasteiger partial charge is 0.333 e. The summed E-state index contributed by atoms with van der Waals surface area (Å²) in [6, 6.07) is 0.0885. The van der Waals surface area contributed by atoms with E-state index in [2.05, 4.69) is 16.7 Å². The van der Waals surface area contributed by atoms with Crippen molar-refractivity contribution in [2.45, 2.75) is 19.9 Å². The number of amides is 2. The summed E-state index contributed by atoms with van der Waals surface area (Å²) in [4.78, 5) is 28.7. The smallest absolute Gasteiger partial charge is 0.299 e. The van der Waals surface area contributed by atoms with Crippen LogP contribution in [0.25, 0.3) is 0 Å². The first kappa shape index (κ1) is 14.5. The van der Waals surface area contributed by atoms with Crippen LogP contribution >= 0.6 is 0 Å². The van der Waals surface area contributed by atoms with Crippen LogP contribution in [0, 0.1) is 11.8 Å². The molecule has 0 saturated carbocycles. The third-order valence-electron chi connectivity index (χ3n) is 3.16. The van der Waals surface area contributed by atoms with Crippen molar-refractivity contribution in [1.29, 1.82) is 0 Å². The Bertz CT molecular complexity index is 373. The molecule has 1 heterocycles. The Kier molecular flexibility index (Phi) is 5.17. The Labute approximate surface area is 109 Å². The van der Waals surface area contributed by atoms with Gasteiger partial charge in [-0.1, -0.05) is 0 Å². The molecule has 0 spiro atoms. The lowest BCUT2D eigenvalue weighted by atomic mass is 10.3. The molecule has 5 nitrogen and oxygen atoms in total. The van der Waals surface area contributed by atoms with E-state index in [1.807, 2.05) is 20.9 Å². The minimum absolute atomic E-state index is 0.0885. The van der Waals surface area contributed by atoms with Crippen molar-refractivity contribution in [3.05, 3.63) is 0 Å². The maximum absolute atomic E-state index is 11.8. The molecule has 0 aromatic carbocycles. The van der Waals surface area contributed by atoms with Crippen LogP contribution in [0.5, 0.6) is 0 Å². The molecule has 0 unspecified atom stereocenters. The lowest BCUT2D eigenvalue weighted by molar-refractivity contribution is -0.127. The van der Waals surface area contributed by atoms with Crippen molar-refractivity contribution in [3.63, 3.8) is 0 Å². The van der Waals surface area contributed by atoms with E-state index in [-0.39, 0.29) is 17.9 Å². The normalized spacial score (nSPS) is 16.2. The lowest BCUT2D eigenvalue weighted by Gasteiger charge is -2.30. The molecule has 0 bridgehead atoms. The summed E-state index contributed by atoms with van der Waals surface area (Å²) in [6.07, 6.45) is 0. The number of carbonyl (C=O) groups excluding carboxylic acids is 2. The van der Waals surface area contributed by atoms with Crippen LogP contribution in [0.15, 0.2) is 0 Å². The molecule has 100 valence electrons. The fourth-order valence-corrected chi connectivity index (χ4v) is 1.52. The fourth-order valence-electron chi connectivity index (χ4n) is 1.52. The predicted octanol–water partition coefficient (Wildman–Crippen LogP) is -0.369. The van der Waals surface area contributed by atoms with E-state index in [0.29, 0.717) is 13.1 Å². The molecule has 0 N–H and O–H groups in total. The zero-order valence-corrected chi connectivity index (χ0v) is 11.6. The van der Waals surface area contributed by atoms with Gasteiger partial charge in [0.05, 0.1) is 0 Å². The Morgan fingerprint density at radius 3 is 2.17 bits per heavy atom. The zero-order chi connectivity index (χ0) is 13.7. The van der Waals surface area contributed by atoms with Gasteiger partial charge in [-0.3, -0.25) is 9.59 Å². The summed E-state index contributed by atoms with van der Waals surface area (Å²) in [5.74, 6) is 4.27. The second kappa shape index (κ2) is 6.41. The topological polar surface area (TPSA) is 43.9 Å². The van der Waals surface area contributed by atoms with Gasteiger partial charge in [0.1, 0.15) is 0 Å². The number of carbonyl (C=O) groups is 2. The molecular weight excluding hydrogens is 230 g/mol. The molecule has 0 atom stereocenters. The third kappa shape index (κ3) is 4.04. The number of nitrogens with zero attached hydrogens (tertiary/aromatic N) is 3. The van der Waals surface area contributed by atoms with Gasteiger partial charge in [0.2, 0.25) is 0 Å². The maximum Gasteiger partial charge on any atom is 0.299 e. The van der Waals surface area contributed by atoms with Gasteiger partial charge >= 0.3 is 0 Å². The quantitative estimate of drug-likeness (QED) is 0.597. The summed E-state index contributed by atoms with van der Waals surface area (Å²) in [5, 5.41) is 0. The summed E-state index contributed by atoms with van der Waals surface area (Å²) in [6.45, 7) is 6.88. The van der Waals surface area contributed by atoms with Gasteiger partial charge in [-0.15, -0.1) is 0 Å². The first-order chi connectivity index (χ1) is 8.41. The molecule has 18 heavy (non-hydrogen) atoms. The standard InChI is InChI=1S/C13H21N3O2/c1-11(2)15(4)12(17)5-6-13(18)16-9-7-14(3)8-10-16/h11H,7-10H2,1-4H3. The zero-order valence-electron chi connectivity index (χ0n) is 11.6. The molecule has 1 rings (SSSR count). The van der Waals surface area contributed by atoms with E-state index in [4.69, 9.17) is 0 Å². The molecular formula is C13H21N3O2. The highest BCUT2D eigenvalue weighted by Gasteiger charge is 2.17. The first-order valence-corrected chi connectivity index (χ1v) is 6.18. The Balaban J connectivity index is 2.52. The van der Waals surface area contributed by atoms with E-state index >= 15 is 0 Å². The first-order valence-electron chi connectivity index (χ1n) is 6.18. The average molecular weight is 251 g/mol. The average Bonchev–Trinajstić information content (AvgIpc) is 2.35. The molecule has 0 aromatic heterocycles. The highest BCUT2D eigenvalue weighted by atomic mass is 16.2. The lowest BCUT2D eigenvalue weighted by Crippen LogP contribution is -2.46. The Morgan fingerprint density at radius 1 is 1.11 bits per heavy atom. The van der Waals surface area contributed by atoms with Crippen molar-refractivity contribution in [1.82, 2.24) is 14.7 Å². The van der Waals surface area contributed by atoms with Gasteiger partial charge in [-0.05, 0) is 20.9 Å². The Morgan fingerprint density at radius 2 is 1.67 bits per heavy atom. The van der Waals surface area contributed by atoms with Crippen molar-refractivity contribution >= 4 is 11.8 Å². The van der Waals surface area contributed by atoms with E-state index in [0.717, 1.165) is 13.1 Å². The molecule has 2 amide bonds. The van der Waals surface area contributed by atoms with Gasteiger partial charge in [-0.2, -0.15) is 0 Å². The number of rotatable bonds is 1. The monoisotopic (exact) mass is 251 g/mol. The van der Waals surface area contributed by atoms with Crippen LogP contribution in [-0.2, 0) is 9.59 Å². The molecule has 5 heteroatoms. The van der Waals surface area contributed by atoms with Crippen LogP contribution in [0.1, 0.15) is 13.8 Å². The summed E-state index contributed by atoms with van der Waals surface area (Å²) < 4.78 is 0. The molecule has 1 fully saturated rings. The second-order valence-electron chi connectivity index (χ2n) is 4.86. The SMILES string of the molecule is CC(C)N(C)C(=O)C#CC(=O)N1CCN(C)CC1. The van der Waals surface area contributed by atoms with Crippen LogP contribution in [0.4, 0.5) is 0 Å². The van der Waals surface area contributed by atoms with Crippen molar-refractivity contribution < 1.29 is 9.59 Å². The molecule has 0 radical (unpaired) electrons. The van der Waals surface area contributed by atoms with Crippen molar-refractivity contribution in [2.24, 2.45) is 0 Å². The van der Waals surface area contributed by atoms with E-state index in [1.165, 1.54) is 4.90 Å². The van der Waals surface area contributed by atoms with Crippen molar-refractivity contribution in [3.8, 4) is 11.8 Å². The van der Waals surface area contributed by atoms with Gasteiger partial charge in [0, 0.05) is 51.1 Å². The maximum atomic E-state index is 11.8. The predicted molar refractivity (Wildman–Crippen MR) is 69.8 cm³/mol. The van der Waals surface area contributed by atoms with Crippen LogP contribution in [0.3, 0.4) is 0 Å². The molecule has 1 aliphatic rings. The summed E-state index contributed by atoms with van der Waals surface area (Å²) in [5.41, 5.74) is 0. The van der Waals surface area contributed by atoms with E-state index < -0.39 is 0 Å². The minimum atomic E-state index is -0.313. The van der Waals surface area contributed by atoms with Crippen molar-refractivity contribution in [2.75, 3.05) is 40.3 Å². The van der Waals surface area contributed by atoms with Gasteiger partial charge in [0.15, 0.2) is 0 Å². The number of hydrogen-bond donors (Lipinski definition) is 0. The number of piperazine rings is 1. The summed E-state index contributed by atoms with van der Waals surface area (Å²) >= 11 is 0. The number of likely N-dealkylation sites (N-methyl/N-ethyl adjacent to an activating group) is 1. The van der Waals surface area contributed by atoms with E-state index in [1.54, 1.807) is 11.9 Å².